The van der Waals surface area contributed by atoms with Crippen molar-refractivity contribution < 1.29 is 10.2 Å². The summed E-state index contributed by atoms with van der Waals surface area (Å²) >= 11 is 0. The minimum Gasteiger partial charge on any atom is -0.392 e. The molecule has 0 heterocycles. The highest BCUT2D eigenvalue weighted by Gasteiger charge is 2.35. The number of benzene rings is 1. The van der Waals surface area contributed by atoms with Gasteiger partial charge in [0.15, 0.2) is 0 Å². The molecule has 132 valence electrons. The smallest absolute Gasteiger partial charge is 0.0721 e. The van der Waals surface area contributed by atoms with E-state index >= 15 is 0 Å². The van der Waals surface area contributed by atoms with E-state index < -0.39 is 6.10 Å². The zero-order valence-electron chi connectivity index (χ0n) is 15.1. The maximum absolute atomic E-state index is 10.4. The molecule has 0 radical (unpaired) electrons. The van der Waals surface area contributed by atoms with Crippen molar-refractivity contribution in [2.45, 2.75) is 64.6 Å². The lowest BCUT2D eigenvalue weighted by Gasteiger charge is -2.20. The van der Waals surface area contributed by atoms with E-state index in [-0.39, 0.29) is 17.9 Å². The van der Waals surface area contributed by atoms with Crippen molar-refractivity contribution in [3.8, 4) is 0 Å². The van der Waals surface area contributed by atoms with Crippen LogP contribution in [0.15, 0.2) is 48.6 Å². The van der Waals surface area contributed by atoms with E-state index in [1.165, 1.54) is 11.1 Å². The molecule has 1 saturated carbocycles. The van der Waals surface area contributed by atoms with Crippen LogP contribution in [0.25, 0.3) is 0 Å². The molecule has 1 aromatic rings. The van der Waals surface area contributed by atoms with Gasteiger partial charge < -0.3 is 10.2 Å². The Balaban J connectivity index is 2.01. The fourth-order valence-corrected chi connectivity index (χ4v) is 3.69. The Bertz CT molecular complexity index is 561. The molecule has 1 aliphatic carbocycles. The van der Waals surface area contributed by atoms with E-state index in [2.05, 4.69) is 44.7 Å². The molecule has 0 aromatic heterocycles. The highest BCUT2D eigenvalue weighted by molar-refractivity contribution is 5.27. The van der Waals surface area contributed by atoms with Crippen molar-refractivity contribution in [1.82, 2.24) is 0 Å². The van der Waals surface area contributed by atoms with E-state index in [0.717, 1.165) is 37.7 Å². The first-order valence-electron chi connectivity index (χ1n) is 9.29. The maximum Gasteiger partial charge on any atom is 0.0721 e. The molecule has 2 N–H and O–H groups in total. The molecule has 0 saturated heterocycles. The van der Waals surface area contributed by atoms with Gasteiger partial charge in [-0.3, -0.25) is 0 Å². The highest BCUT2D eigenvalue weighted by Crippen LogP contribution is 2.39. The van der Waals surface area contributed by atoms with Gasteiger partial charge in [0.25, 0.3) is 0 Å². The molecule has 2 heteroatoms. The van der Waals surface area contributed by atoms with Gasteiger partial charge >= 0.3 is 0 Å². The molecule has 0 spiro atoms. The molecule has 1 aromatic carbocycles. The Hall–Kier alpha value is -1.38. The van der Waals surface area contributed by atoms with E-state index in [1.54, 1.807) is 0 Å². The second-order valence-corrected chi connectivity index (χ2v) is 7.25. The van der Waals surface area contributed by atoms with Crippen molar-refractivity contribution in [2.75, 3.05) is 0 Å². The molecule has 24 heavy (non-hydrogen) atoms. The molecule has 0 bridgehead atoms. The molecule has 1 fully saturated rings. The second-order valence-electron chi connectivity index (χ2n) is 7.25. The van der Waals surface area contributed by atoms with Crippen LogP contribution >= 0.6 is 0 Å². The number of aliphatic hydroxyl groups excluding tert-OH is 2. The zero-order valence-corrected chi connectivity index (χ0v) is 15.1. The van der Waals surface area contributed by atoms with Crippen LogP contribution in [0.2, 0.25) is 0 Å². The summed E-state index contributed by atoms with van der Waals surface area (Å²) in [4.78, 5) is 0. The third kappa shape index (κ3) is 5.32. The van der Waals surface area contributed by atoms with Gasteiger partial charge in [-0.15, -0.1) is 0 Å². The number of aliphatic hydroxyl groups is 2. The third-order valence-electron chi connectivity index (χ3n) is 5.10. The number of rotatable bonds is 8. The molecule has 0 unspecified atom stereocenters. The van der Waals surface area contributed by atoms with Crippen molar-refractivity contribution in [3.63, 3.8) is 0 Å². The van der Waals surface area contributed by atoms with Crippen LogP contribution in [0.4, 0.5) is 0 Å². The summed E-state index contributed by atoms with van der Waals surface area (Å²) < 4.78 is 0. The van der Waals surface area contributed by atoms with E-state index in [0.29, 0.717) is 6.42 Å². The average molecular weight is 328 g/mol. The van der Waals surface area contributed by atoms with Crippen molar-refractivity contribution in [1.29, 1.82) is 0 Å². The van der Waals surface area contributed by atoms with E-state index in [1.807, 2.05) is 12.2 Å². The normalized spacial score (nSPS) is 25.5. The average Bonchev–Trinajstić information content (AvgIpc) is 2.79. The number of hydrogen-bond donors (Lipinski definition) is 2. The SMILES string of the molecule is C=C1C[C@@H](O)[C@H](/C=C/[C@@H](O)CCCCC)[C@H]1Cc1cccc(C)c1. The van der Waals surface area contributed by atoms with Gasteiger partial charge in [0.1, 0.15) is 0 Å². The van der Waals surface area contributed by atoms with Crippen LogP contribution in [0.5, 0.6) is 0 Å². The van der Waals surface area contributed by atoms with Crippen molar-refractivity contribution in [2.24, 2.45) is 11.8 Å². The topological polar surface area (TPSA) is 40.5 Å². The van der Waals surface area contributed by atoms with Gasteiger partial charge in [0.05, 0.1) is 12.2 Å². The Kier molecular flexibility index (Phi) is 7.26. The van der Waals surface area contributed by atoms with Crippen LogP contribution < -0.4 is 0 Å². The monoisotopic (exact) mass is 328 g/mol. The summed E-state index contributed by atoms with van der Waals surface area (Å²) in [6.07, 6.45) is 8.86. The molecule has 1 aliphatic rings. The fraction of sp³-hybridized carbons (Fsp3) is 0.545. The lowest BCUT2D eigenvalue weighted by atomic mass is 9.86. The number of unbranched alkanes of at least 4 members (excludes halogenated alkanes) is 2. The van der Waals surface area contributed by atoms with Crippen LogP contribution in [-0.2, 0) is 6.42 Å². The minimum absolute atomic E-state index is 0.0545. The Morgan fingerprint density at radius 1 is 1.33 bits per heavy atom. The maximum atomic E-state index is 10.4. The zero-order chi connectivity index (χ0) is 17.5. The predicted octanol–water partition coefficient (Wildman–Crippen LogP) is 4.59. The quantitative estimate of drug-likeness (QED) is 0.541. The van der Waals surface area contributed by atoms with Gasteiger partial charge in [-0.05, 0) is 37.7 Å². The first kappa shape index (κ1) is 19.0. The summed E-state index contributed by atoms with van der Waals surface area (Å²) in [7, 11) is 0. The minimum atomic E-state index is -0.405. The fourth-order valence-electron chi connectivity index (χ4n) is 3.69. The highest BCUT2D eigenvalue weighted by atomic mass is 16.3. The van der Waals surface area contributed by atoms with Gasteiger partial charge in [0.2, 0.25) is 0 Å². The van der Waals surface area contributed by atoms with Crippen molar-refractivity contribution in [3.05, 3.63) is 59.7 Å². The van der Waals surface area contributed by atoms with Gasteiger partial charge in [0, 0.05) is 5.92 Å². The molecule has 0 aliphatic heterocycles. The molecule has 2 rings (SSSR count). The Morgan fingerprint density at radius 3 is 2.83 bits per heavy atom. The van der Waals surface area contributed by atoms with Crippen LogP contribution in [0.3, 0.4) is 0 Å². The first-order chi connectivity index (χ1) is 11.5. The summed E-state index contributed by atoms with van der Waals surface area (Å²) in [6.45, 7) is 8.45. The summed E-state index contributed by atoms with van der Waals surface area (Å²) in [5.41, 5.74) is 3.67. The Labute approximate surface area is 146 Å². The van der Waals surface area contributed by atoms with E-state index in [9.17, 15) is 10.2 Å². The molecule has 2 nitrogen and oxygen atoms in total. The number of aryl methyl sites for hydroxylation is 1. The summed E-state index contributed by atoms with van der Waals surface area (Å²) in [6, 6.07) is 8.54. The molecule has 4 atom stereocenters. The van der Waals surface area contributed by atoms with Gasteiger partial charge in [-0.25, -0.2) is 0 Å². The second kappa shape index (κ2) is 9.19. The van der Waals surface area contributed by atoms with Crippen LogP contribution in [-0.4, -0.2) is 22.4 Å². The summed E-state index contributed by atoms with van der Waals surface area (Å²) in [5, 5.41) is 20.5. The third-order valence-corrected chi connectivity index (χ3v) is 5.10. The molecular formula is C22H32O2. The lowest BCUT2D eigenvalue weighted by Crippen LogP contribution is -2.19. The van der Waals surface area contributed by atoms with Gasteiger partial charge in [-0.2, -0.15) is 0 Å². The number of hydrogen-bond acceptors (Lipinski definition) is 2. The summed E-state index contributed by atoms with van der Waals surface area (Å²) in [5.74, 6) is 0.305. The standard InChI is InChI=1S/C22H32O2/c1-4-5-6-10-19(23)11-12-20-21(17(3)14-22(20)24)15-18-9-7-8-16(2)13-18/h7-9,11-13,19-24H,3-6,10,14-15H2,1-2H3/b12-11+/t19-,20+,21-,22+/m0/s1. The lowest BCUT2D eigenvalue weighted by molar-refractivity contribution is 0.140. The van der Waals surface area contributed by atoms with E-state index in [4.69, 9.17) is 0 Å². The predicted molar refractivity (Wildman–Crippen MR) is 101 cm³/mol. The Morgan fingerprint density at radius 2 is 2.12 bits per heavy atom. The largest absolute Gasteiger partial charge is 0.392 e. The molecular weight excluding hydrogens is 296 g/mol. The first-order valence-corrected chi connectivity index (χ1v) is 9.29. The van der Waals surface area contributed by atoms with Crippen LogP contribution in [0, 0.1) is 18.8 Å². The van der Waals surface area contributed by atoms with Crippen molar-refractivity contribution >= 4 is 0 Å². The van der Waals surface area contributed by atoms with Gasteiger partial charge in [-0.1, -0.05) is 80.3 Å². The van der Waals surface area contributed by atoms with Crippen LogP contribution in [0.1, 0.15) is 50.2 Å². The molecule has 0 amide bonds.